The average Bonchev–Trinajstić information content (AvgIpc) is 3.06. The summed E-state index contributed by atoms with van der Waals surface area (Å²) in [5, 5.41) is 2.83. The standard InChI is InChI=1S/C18H21FN4O/c1-12-3-4-13(8-16(12)19)7-14-5-6-23(11-14)17(24)15-9-21-18(20-2)22-10-15/h3-4,8-10,14H,5-7,11H2,1-2H3,(H,20,21,22). The minimum absolute atomic E-state index is 0.0461. The van der Waals surface area contributed by atoms with Crippen molar-refractivity contribution in [1.82, 2.24) is 14.9 Å². The summed E-state index contributed by atoms with van der Waals surface area (Å²) in [6, 6.07) is 5.38. The molecule has 2 heterocycles. The normalized spacial score (nSPS) is 17.1. The lowest BCUT2D eigenvalue weighted by Gasteiger charge is -2.16. The van der Waals surface area contributed by atoms with E-state index < -0.39 is 0 Å². The Morgan fingerprint density at radius 1 is 1.38 bits per heavy atom. The Bertz CT molecular complexity index is 732. The smallest absolute Gasteiger partial charge is 0.257 e. The van der Waals surface area contributed by atoms with Crippen molar-refractivity contribution in [2.75, 3.05) is 25.5 Å². The maximum Gasteiger partial charge on any atom is 0.257 e. The highest BCUT2D eigenvalue weighted by atomic mass is 19.1. The number of hydrogen-bond acceptors (Lipinski definition) is 4. The van der Waals surface area contributed by atoms with E-state index in [1.54, 1.807) is 32.4 Å². The molecule has 3 rings (SSSR count). The number of aryl methyl sites for hydroxylation is 1. The van der Waals surface area contributed by atoms with Crippen LogP contribution in [0.15, 0.2) is 30.6 Å². The summed E-state index contributed by atoms with van der Waals surface area (Å²) in [5.41, 5.74) is 2.14. The molecule has 0 aliphatic carbocycles. The predicted molar refractivity (Wildman–Crippen MR) is 90.4 cm³/mol. The first-order chi connectivity index (χ1) is 11.6. The van der Waals surface area contributed by atoms with Gasteiger partial charge in [0.25, 0.3) is 5.91 Å². The van der Waals surface area contributed by atoms with E-state index in [0.29, 0.717) is 36.1 Å². The van der Waals surface area contributed by atoms with Crippen LogP contribution in [0.4, 0.5) is 10.3 Å². The number of carbonyl (C=O) groups is 1. The minimum Gasteiger partial charge on any atom is -0.357 e. The lowest BCUT2D eigenvalue weighted by atomic mass is 9.98. The summed E-state index contributed by atoms with van der Waals surface area (Å²) in [4.78, 5) is 22.5. The number of halogens is 1. The summed E-state index contributed by atoms with van der Waals surface area (Å²) in [6.45, 7) is 3.16. The van der Waals surface area contributed by atoms with Gasteiger partial charge in [-0.05, 0) is 42.9 Å². The Balaban J connectivity index is 1.61. The lowest BCUT2D eigenvalue weighted by molar-refractivity contribution is 0.0786. The molecule has 1 aromatic carbocycles. The van der Waals surface area contributed by atoms with Crippen LogP contribution in [0.5, 0.6) is 0 Å². The van der Waals surface area contributed by atoms with Crippen molar-refractivity contribution in [2.45, 2.75) is 19.8 Å². The van der Waals surface area contributed by atoms with Gasteiger partial charge in [-0.2, -0.15) is 0 Å². The van der Waals surface area contributed by atoms with Gasteiger partial charge >= 0.3 is 0 Å². The second-order valence-corrected chi connectivity index (χ2v) is 6.24. The van der Waals surface area contributed by atoms with Crippen LogP contribution in [0.3, 0.4) is 0 Å². The fourth-order valence-electron chi connectivity index (χ4n) is 3.03. The van der Waals surface area contributed by atoms with Gasteiger partial charge in [0.05, 0.1) is 5.56 Å². The van der Waals surface area contributed by atoms with Crippen LogP contribution in [-0.2, 0) is 6.42 Å². The van der Waals surface area contributed by atoms with Gasteiger partial charge in [-0.25, -0.2) is 14.4 Å². The zero-order chi connectivity index (χ0) is 17.1. The average molecular weight is 328 g/mol. The van der Waals surface area contributed by atoms with Gasteiger partial charge in [0.2, 0.25) is 5.95 Å². The highest BCUT2D eigenvalue weighted by Crippen LogP contribution is 2.23. The van der Waals surface area contributed by atoms with E-state index in [-0.39, 0.29) is 11.7 Å². The van der Waals surface area contributed by atoms with E-state index in [9.17, 15) is 9.18 Å². The number of aromatic nitrogens is 2. The number of nitrogens with one attached hydrogen (secondary N) is 1. The largest absolute Gasteiger partial charge is 0.357 e. The number of benzene rings is 1. The summed E-state index contributed by atoms with van der Waals surface area (Å²) in [7, 11) is 1.73. The van der Waals surface area contributed by atoms with Crippen molar-refractivity contribution in [1.29, 1.82) is 0 Å². The molecule has 126 valence electrons. The van der Waals surface area contributed by atoms with Gasteiger partial charge in [-0.1, -0.05) is 12.1 Å². The molecule has 1 fully saturated rings. The molecule has 0 spiro atoms. The second kappa shape index (κ2) is 6.95. The van der Waals surface area contributed by atoms with Gasteiger partial charge in [0, 0.05) is 32.5 Å². The van der Waals surface area contributed by atoms with Crippen LogP contribution in [0, 0.1) is 18.7 Å². The van der Waals surface area contributed by atoms with Crippen molar-refractivity contribution in [3.8, 4) is 0 Å². The van der Waals surface area contributed by atoms with E-state index in [1.807, 2.05) is 17.0 Å². The monoisotopic (exact) mass is 328 g/mol. The van der Waals surface area contributed by atoms with E-state index >= 15 is 0 Å². The SMILES string of the molecule is CNc1ncc(C(=O)N2CCC(Cc3ccc(C)c(F)c3)C2)cn1. The third kappa shape index (κ3) is 3.53. The summed E-state index contributed by atoms with van der Waals surface area (Å²) < 4.78 is 13.7. The van der Waals surface area contributed by atoms with Crippen LogP contribution in [0.1, 0.15) is 27.9 Å². The maximum atomic E-state index is 13.7. The quantitative estimate of drug-likeness (QED) is 0.937. The van der Waals surface area contributed by atoms with Crippen molar-refractivity contribution in [2.24, 2.45) is 5.92 Å². The Morgan fingerprint density at radius 3 is 2.79 bits per heavy atom. The van der Waals surface area contributed by atoms with E-state index in [2.05, 4.69) is 15.3 Å². The number of likely N-dealkylation sites (tertiary alicyclic amines) is 1. The first-order valence-corrected chi connectivity index (χ1v) is 8.11. The molecule has 5 nitrogen and oxygen atoms in total. The fourth-order valence-corrected chi connectivity index (χ4v) is 3.03. The number of amides is 1. The van der Waals surface area contributed by atoms with Gasteiger partial charge in [-0.3, -0.25) is 4.79 Å². The van der Waals surface area contributed by atoms with Crippen LogP contribution in [0.2, 0.25) is 0 Å². The number of rotatable bonds is 4. The topological polar surface area (TPSA) is 58.1 Å². The van der Waals surface area contributed by atoms with E-state index in [4.69, 9.17) is 0 Å². The van der Waals surface area contributed by atoms with E-state index in [1.165, 1.54) is 0 Å². The molecule has 2 aromatic rings. The molecule has 24 heavy (non-hydrogen) atoms. The van der Waals surface area contributed by atoms with Gasteiger partial charge in [0.15, 0.2) is 0 Å². The molecule has 1 N–H and O–H groups in total. The zero-order valence-electron chi connectivity index (χ0n) is 13.9. The Hall–Kier alpha value is -2.50. The first kappa shape index (κ1) is 16.4. The molecule has 1 atom stereocenters. The van der Waals surface area contributed by atoms with E-state index in [0.717, 1.165) is 18.4 Å². The third-order valence-corrected chi connectivity index (χ3v) is 4.46. The Labute approximate surface area is 140 Å². The van der Waals surface area contributed by atoms with Crippen molar-refractivity contribution in [3.63, 3.8) is 0 Å². The molecular formula is C18H21FN4O. The summed E-state index contributed by atoms with van der Waals surface area (Å²) in [6.07, 6.45) is 4.81. The molecule has 1 aliphatic rings. The summed E-state index contributed by atoms with van der Waals surface area (Å²) >= 11 is 0. The number of nitrogens with zero attached hydrogens (tertiary/aromatic N) is 3. The molecule has 0 bridgehead atoms. The third-order valence-electron chi connectivity index (χ3n) is 4.46. The van der Waals surface area contributed by atoms with Crippen LogP contribution < -0.4 is 5.32 Å². The number of anilines is 1. The highest BCUT2D eigenvalue weighted by molar-refractivity contribution is 5.93. The number of hydrogen-bond donors (Lipinski definition) is 1. The highest BCUT2D eigenvalue weighted by Gasteiger charge is 2.27. The predicted octanol–water partition coefficient (Wildman–Crippen LogP) is 2.67. The lowest BCUT2D eigenvalue weighted by Crippen LogP contribution is -2.29. The van der Waals surface area contributed by atoms with Crippen LogP contribution in [0.25, 0.3) is 0 Å². The van der Waals surface area contributed by atoms with Gasteiger partial charge < -0.3 is 10.2 Å². The minimum atomic E-state index is -0.166. The molecule has 1 aliphatic heterocycles. The molecule has 0 saturated carbocycles. The maximum absolute atomic E-state index is 13.7. The summed E-state index contributed by atoms with van der Waals surface area (Å²) in [5.74, 6) is 0.635. The van der Waals surface area contributed by atoms with Gasteiger partial charge in [0.1, 0.15) is 5.82 Å². The molecule has 1 amide bonds. The van der Waals surface area contributed by atoms with Crippen LogP contribution in [-0.4, -0.2) is 40.9 Å². The molecule has 0 radical (unpaired) electrons. The molecular weight excluding hydrogens is 307 g/mol. The number of carbonyl (C=O) groups excluding carboxylic acids is 1. The van der Waals surface area contributed by atoms with Crippen molar-refractivity contribution in [3.05, 3.63) is 53.1 Å². The zero-order valence-corrected chi connectivity index (χ0v) is 13.9. The second-order valence-electron chi connectivity index (χ2n) is 6.24. The van der Waals surface area contributed by atoms with Crippen molar-refractivity contribution < 1.29 is 9.18 Å². The van der Waals surface area contributed by atoms with Crippen molar-refractivity contribution >= 4 is 11.9 Å². The fraction of sp³-hybridized carbons (Fsp3) is 0.389. The molecule has 1 aromatic heterocycles. The Kier molecular flexibility index (Phi) is 4.74. The molecule has 6 heteroatoms. The molecule has 1 unspecified atom stereocenters. The van der Waals surface area contributed by atoms with Gasteiger partial charge in [-0.15, -0.1) is 0 Å². The van der Waals surface area contributed by atoms with Crippen LogP contribution >= 0.6 is 0 Å². The first-order valence-electron chi connectivity index (χ1n) is 8.11. The molecule has 1 saturated heterocycles. The Morgan fingerprint density at radius 2 is 2.12 bits per heavy atom.